The molecule has 2 heterocycles. The molecule has 2 aliphatic rings. The molecule has 0 spiro atoms. The summed E-state index contributed by atoms with van der Waals surface area (Å²) in [5.41, 5.74) is 6.18. The molecule has 3 aromatic carbocycles. The SMILES string of the molecule is CCC[C@H]1C(c2ccc(C3=C[C@@H](CC)CN(S(=O)(=O)c4ccc(C)cc4)[C@H]3CCC)cc2)=C[C@@H](CC)CN1S(=O)(=O)c1ccc(C)cc1. The van der Waals surface area contributed by atoms with Crippen molar-refractivity contribution in [3.63, 3.8) is 0 Å². The zero-order valence-electron chi connectivity index (χ0n) is 29.4. The third-order valence-corrected chi connectivity index (χ3v) is 13.8. The fourth-order valence-electron chi connectivity index (χ4n) is 7.16. The normalized spacial score (nSPS) is 22.7. The van der Waals surface area contributed by atoms with E-state index in [1.165, 1.54) is 0 Å². The van der Waals surface area contributed by atoms with Crippen molar-refractivity contribution in [2.24, 2.45) is 11.8 Å². The zero-order chi connectivity index (χ0) is 34.6. The first-order chi connectivity index (χ1) is 22.9. The number of aryl methyl sites for hydroxylation is 2. The molecule has 48 heavy (non-hydrogen) atoms. The third-order valence-electron chi connectivity index (χ3n) is 10.1. The van der Waals surface area contributed by atoms with Crippen molar-refractivity contribution in [3.05, 3.63) is 107 Å². The van der Waals surface area contributed by atoms with Crippen molar-refractivity contribution in [1.29, 1.82) is 0 Å². The Morgan fingerprint density at radius 2 is 0.875 bits per heavy atom. The molecule has 258 valence electrons. The van der Waals surface area contributed by atoms with Crippen LogP contribution in [0, 0.1) is 25.7 Å². The second-order valence-electron chi connectivity index (χ2n) is 13.5. The molecule has 0 saturated carbocycles. The second-order valence-corrected chi connectivity index (χ2v) is 17.3. The standard InChI is InChI=1S/C40H52N2O4S2/c1-7-11-39-37(25-31(9-3)27-41(39)47(43,44)35-21-13-29(5)14-22-35)33-17-19-34(20-18-33)38-26-32(10-4)28-42(40(38)12-8-2)48(45,46)36-23-15-30(6)16-24-36/h13-26,31-32,39-40H,7-12,27-28H2,1-6H3/t31-,32-,39+,40+/m1/s1. The lowest BCUT2D eigenvalue weighted by atomic mass is 9.84. The monoisotopic (exact) mass is 688 g/mol. The molecular weight excluding hydrogens is 637 g/mol. The average Bonchev–Trinajstić information content (AvgIpc) is 3.09. The molecule has 0 radical (unpaired) electrons. The van der Waals surface area contributed by atoms with Crippen molar-refractivity contribution >= 4 is 31.2 Å². The zero-order valence-corrected chi connectivity index (χ0v) is 31.0. The van der Waals surface area contributed by atoms with Crippen LogP contribution in [-0.2, 0) is 20.0 Å². The maximum atomic E-state index is 14.1. The van der Waals surface area contributed by atoms with Crippen molar-refractivity contribution in [2.45, 2.75) is 102 Å². The predicted octanol–water partition coefficient (Wildman–Crippen LogP) is 8.87. The topological polar surface area (TPSA) is 74.8 Å². The van der Waals surface area contributed by atoms with Crippen LogP contribution in [0.3, 0.4) is 0 Å². The summed E-state index contributed by atoms with van der Waals surface area (Å²) >= 11 is 0. The minimum absolute atomic E-state index is 0.105. The molecule has 0 aromatic heterocycles. The van der Waals surface area contributed by atoms with Gasteiger partial charge in [-0.05, 0) is 97.9 Å². The van der Waals surface area contributed by atoms with Gasteiger partial charge in [0.2, 0.25) is 20.0 Å². The number of sulfonamides is 2. The minimum atomic E-state index is -3.71. The van der Waals surface area contributed by atoms with E-state index in [-0.39, 0.29) is 23.9 Å². The van der Waals surface area contributed by atoms with E-state index in [4.69, 9.17) is 0 Å². The van der Waals surface area contributed by atoms with Crippen LogP contribution < -0.4 is 0 Å². The van der Waals surface area contributed by atoms with E-state index in [1.54, 1.807) is 32.9 Å². The summed E-state index contributed by atoms with van der Waals surface area (Å²) in [6.07, 6.45) is 9.42. The van der Waals surface area contributed by atoms with Gasteiger partial charge in [-0.2, -0.15) is 8.61 Å². The van der Waals surface area contributed by atoms with Crippen LogP contribution in [0.2, 0.25) is 0 Å². The number of rotatable bonds is 12. The molecule has 4 atom stereocenters. The van der Waals surface area contributed by atoms with E-state index in [9.17, 15) is 16.8 Å². The number of nitrogens with zero attached hydrogens (tertiary/aromatic N) is 2. The molecule has 0 aliphatic carbocycles. The Kier molecular flexibility index (Phi) is 11.5. The van der Waals surface area contributed by atoms with Gasteiger partial charge in [-0.25, -0.2) is 16.8 Å². The van der Waals surface area contributed by atoms with Gasteiger partial charge < -0.3 is 0 Å². The summed E-state index contributed by atoms with van der Waals surface area (Å²) in [4.78, 5) is 0.671. The molecule has 0 amide bonds. The Hall–Kier alpha value is -3.04. The molecule has 0 bridgehead atoms. The third kappa shape index (κ3) is 7.42. The lowest BCUT2D eigenvalue weighted by Crippen LogP contribution is -2.46. The molecule has 0 saturated heterocycles. The number of hydrogen-bond acceptors (Lipinski definition) is 4. The van der Waals surface area contributed by atoms with Gasteiger partial charge in [0.25, 0.3) is 0 Å². The Morgan fingerprint density at radius 3 is 1.17 bits per heavy atom. The van der Waals surface area contributed by atoms with Crippen LogP contribution in [0.5, 0.6) is 0 Å². The van der Waals surface area contributed by atoms with E-state index < -0.39 is 20.0 Å². The van der Waals surface area contributed by atoms with Gasteiger partial charge in [0.1, 0.15) is 0 Å². The highest BCUT2D eigenvalue weighted by Gasteiger charge is 2.40. The molecule has 3 aromatic rings. The Balaban J connectivity index is 1.52. The molecule has 5 rings (SSSR count). The predicted molar refractivity (Wildman–Crippen MR) is 197 cm³/mol. The van der Waals surface area contributed by atoms with Crippen LogP contribution in [0.4, 0.5) is 0 Å². The first kappa shape index (κ1) is 36.2. The summed E-state index contributed by atoms with van der Waals surface area (Å²) < 4.78 is 59.9. The first-order valence-electron chi connectivity index (χ1n) is 17.7. The van der Waals surface area contributed by atoms with Crippen molar-refractivity contribution < 1.29 is 16.8 Å². The second kappa shape index (κ2) is 15.2. The molecule has 0 N–H and O–H groups in total. The maximum Gasteiger partial charge on any atom is 0.243 e. The smallest absolute Gasteiger partial charge is 0.207 e. The van der Waals surface area contributed by atoms with E-state index >= 15 is 0 Å². The summed E-state index contributed by atoms with van der Waals surface area (Å²) in [7, 11) is -7.41. The van der Waals surface area contributed by atoms with Crippen LogP contribution >= 0.6 is 0 Å². The molecule has 8 heteroatoms. The Bertz CT molecular complexity index is 1690. The summed E-state index contributed by atoms with van der Waals surface area (Å²) in [5, 5.41) is 0. The number of hydrogen-bond donors (Lipinski definition) is 0. The van der Waals surface area contributed by atoms with Gasteiger partial charge in [0, 0.05) is 13.1 Å². The highest BCUT2D eigenvalue weighted by atomic mass is 32.2. The van der Waals surface area contributed by atoms with Gasteiger partial charge in [0.15, 0.2) is 0 Å². The van der Waals surface area contributed by atoms with Crippen LogP contribution in [-0.4, -0.2) is 50.6 Å². The molecule has 0 fully saturated rings. The Morgan fingerprint density at radius 1 is 0.542 bits per heavy atom. The van der Waals surface area contributed by atoms with E-state index in [0.29, 0.717) is 22.9 Å². The number of benzene rings is 3. The van der Waals surface area contributed by atoms with Gasteiger partial charge in [-0.1, -0.05) is 112 Å². The van der Waals surface area contributed by atoms with E-state index in [2.05, 4.69) is 64.1 Å². The van der Waals surface area contributed by atoms with Crippen molar-refractivity contribution in [1.82, 2.24) is 8.61 Å². The minimum Gasteiger partial charge on any atom is -0.207 e. The largest absolute Gasteiger partial charge is 0.243 e. The van der Waals surface area contributed by atoms with Crippen LogP contribution in [0.15, 0.2) is 94.7 Å². The van der Waals surface area contributed by atoms with Crippen molar-refractivity contribution in [3.8, 4) is 0 Å². The Labute approximate surface area is 289 Å². The lowest BCUT2D eigenvalue weighted by molar-refractivity contribution is 0.304. The van der Waals surface area contributed by atoms with Crippen LogP contribution in [0.1, 0.15) is 88.5 Å². The molecule has 0 unspecified atom stereocenters. The van der Waals surface area contributed by atoms with Crippen LogP contribution in [0.25, 0.3) is 11.1 Å². The van der Waals surface area contributed by atoms with Gasteiger partial charge in [-0.15, -0.1) is 0 Å². The van der Waals surface area contributed by atoms with Gasteiger partial charge in [-0.3, -0.25) is 0 Å². The average molecular weight is 689 g/mol. The summed E-state index contributed by atoms with van der Waals surface area (Å²) in [6.45, 7) is 13.3. The first-order valence-corrected chi connectivity index (χ1v) is 20.5. The molecule has 6 nitrogen and oxygen atoms in total. The summed E-state index contributed by atoms with van der Waals surface area (Å²) in [5.74, 6) is 0.211. The highest BCUT2D eigenvalue weighted by Crippen LogP contribution is 2.40. The maximum absolute atomic E-state index is 14.1. The van der Waals surface area contributed by atoms with E-state index in [1.807, 2.05) is 38.1 Å². The van der Waals surface area contributed by atoms with Crippen molar-refractivity contribution in [2.75, 3.05) is 13.1 Å². The highest BCUT2D eigenvalue weighted by molar-refractivity contribution is 7.89. The molecule has 2 aliphatic heterocycles. The summed E-state index contributed by atoms with van der Waals surface area (Å²) in [6, 6.07) is 22.2. The molecular formula is C40H52N2O4S2. The van der Waals surface area contributed by atoms with E-state index in [0.717, 1.165) is 71.9 Å². The lowest BCUT2D eigenvalue weighted by Gasteiger charge is -2.39. The quantitative estimate of drug-likeness (QED) is 0.191. The fraction of sp³-hybridized carbons (Fsp3) is 0.450. The fourth-order valence-corrected chi connectivity index (χ4v) is 10.5. The van der Waals surface area contributed by atoms with Gasteiger partial charge >= 0.3 is 0 Å². The van der Waals surface area contributed by atoms with Gasteiger partial charge in [0.05, 0.1) is 21.9 Å².